The van der Waals surface area contributed by atoms with Crippen LogP contribution in [-0.4, -0.2) is 9.97 Å². The van der Waals surface area contributed by atoms with Gasteiger partial charge in [-0.05, 0) is 52.5 Å². The molecule has 2 N–H and O–H groups in total. The molecule has 0 amide bonds. The first kappa shape index (κ1) is 11.1. The zero-order chi connectivity index (χ0) is 11.4. The lowest BCUT2D eigenvalue weighted by Crippen LogP contribution is -1.99. The van der Waals surface area contributed by atoms with Gasteiger partial charge in [-0.1, -0.05) is 0 Å². The van der Waals surface area contributed by atoms with E-state index < -0.39 is 0 Å². The highest BCUT2D eigenvalue weighted by Crippen LogP contribution is 2.13. The Morgan fingerprint density at radius 2 is 2.00 bits per heavy atom. The first-order valence-electron chi connectivity index (χ1n) is 5.04. The molecule has 82 valence electrons. The van der Waals surface area contributed by atoms with Gasteiger partial charge in [-0.25, -0.2) is 0 Å². The SMILES string of the molecule is Nc1ccncc1CCc1ccc(Br)cn1. The maximum atomic E-state index is 5.84. The number of nitrogen functional groups attached to an aromatic ring is 1. The van der Waals surface area contributed by atoms with E-state index >= 15 is 0 Å². The third-order valence-electron chi connectivity index (χ3n) is 2.38. The van der Waals surface area contributed by atoms with E-state index in [1.807, 2.05) is 30.6 Å². The second-order valence-corrected chi connectivity index (χ2v) is 4.46. The number of hydrogen-bond donors (Lipinski definition) is 1. The van der Waals surface area contributed by atoms with Gasteiger partial charge in [-0.2, -0.15) is 0 Å². The average Bonchev–Trinajstić information content (AvgIpc) is 2.30. The summed E-state index contributed by atoms with van der Waals surface area (Å²) in [6.07, 6.45) is 7.07. The molecule has 0 atom stereocenters. The van der Waals surface area contributed by atoms with Crippen LogP contribution in [0.15, 0.2) is 41.3 Å². The van der Waals surface area contributed by atoms with Crippen molar-refractivity contribution in [1.29, 1.82) is 0 Å². The molecule has 2 aromatic heterocycles. The van der Waals surface area contributed by atoms with Crippen LogP contribution in [-0.2, 0) is 12.8 Å². The van der Waals surface area contributed by atoms with Crippen LogP contribution in [0.1, 0.15) is 11.3 Å². The number of anilines is 1. The molecule has 2 aromatic rings. The summed E-state index contributed by atoms with van der Waals surface area (Å²) in [5.41, 5.74) is 8.78. The monoisotopic (exact) mass is 277 g/mol. The van der Waals surface area contributed by atoms with Crippen molar-refractivity contribution in [3.05, 3.63) is 52.5 Å². The summed E-state index contributed by atoms with van der Waals surface area (Å²) in [4.78, 5) is 8.38. The van der Waals surface area contributed by atoms with Gasteiger partial charge < -0.3 is 5.73 Å². The van der Waals surface area contributed by atoms with Crippen molar-refractivity contribution in [1.82, 2.24) is 9.97 Å². The molecule has 2 rings (SSSR count). The number of hydrogen-bond acceptors (Lipinski definition) is 3. The standard InChI is InChI=1S/C12H12BrN3/c13-10-2-4-11(16-8-10)3-1-9-7-15-6-5-12(9)14/h2,4-8H,1,3H2,(H2,14,15). The highest BCUT2D eigenvalue weighted by atomic mass is 79.9. The Kier molecular flexibility index (Phi) is 3.51. The minimum absolute atomic E-state index is 0.798. The summed E-state index contributed by atoms with van der Waals surface area (Å²) in [5, 5.41) is 0. The third-order valence-corrected chi connectivity index (χ3v) is 2.85. The first-order chi connectivity index (χ1) is 7.75. The van der Waals surface area contributed by atoms with Crippen molar-refractivity contribution in [2.75, 3.05) is 5.73 Å². The van der Waals surface area contributed by atoms with Gasteiger partial charge in [0.1, 0.15) is 0 Å². The van der Waals surface area contributed by atoms with Crippen LogP contribution in [0, 0.1) is 0 Å². The Balaban J connectivity index is 2.02. The molecule has 4 heteroatoms. The van der Waals surface area contributed by atoms with Crippen LogP contribution in [0.5, 0.6) is 0 Å². The maximum Gasteiger partial charge on any atom is 0.0413 e. The molecule has 0 spiro atoms. The molecule has 0 aliphatic rings. The van der Waals surface area contributed by atoms with Crippen molar-refractivity contribution in [3.63, 3.8) is 0 Å². The molecule has 0 saturated carbocycles. The number of halogens is 1. The van der Waals surface area contributed by atoms with Gasteiger partial charge in [0.2, 0.25) is 0 Å². The Labute approximate surface area is 103 Å². The molecule has 0 aromatic carbocycles. The number of aromatic nitrogens is 2. The quantitative estimate of drug-likeness (QED) is 0.938. The van der Waals surface area contributed by atoms with E-state index in [1.54, 1.807) is 6.20 Å². The second kappa shape index (κ2) is 5.07. The van der Waals surface area contributed by atoms with Gasteiger partial charge >= 0.3 is 0 Å². The van der Waals surface area contributed by atoms with Crippen molar-refractivity contribution < 1.29 is 0 Å². The van der Waals surface area contributed by atoms with Crippen molar-refractivity contribution in [2.45, 2.75) is 12.8 Å². The summed E-state index contributed by atoms with van der Waals surface area (Å²) >= 11 is 3.36. The average molecular weight is 278 g/mol. The van der Waals surface area contributed by atoms with Crippen molar-refractivity contribution in [2.24, 2.45) is 0 Å². The van der Waals surface area contributed by atoms with Crippen LogP contribution in [0.4, 0.5) is 5.69 Å². The third kappa shape index (κ3) is 2.79. The minimum atomic E-state index is 0.798. The van der Waals surface area contributed by atoms with E-state index in [-0.39, 0.29) is 0 Å². The Bertz CT molecular complexity index is 468. The van der Waals surface area contributed by atoms with Crippen molar-refractivity contribution >= 4 is 21.6 Å². The Morgan fingerprint density at radius 1 is 1.12 bits per heavy atom. The van der Waals surface area contributed by atoms with Gasteiger partial charge in [0, 0.05) is 34.4 Å². The first-order valence-corrected chi connectivity index (χ1v) is 5.84. The molecule has 3 nitrogen and oxygen atoms in total. The van der Waals surface area contributed by atoms with Crippen LogP contribution >= 0.6 is 15.9 Å². The van der Waals surface area contributed by atoms with E-state index in [2.05, 4.69) is 25.9 Å². The van der Waals surface area contributed by atoms with Gasteiger partial charge in [0.05, 0.1) is 0 Å². The van der Waals surface area contributed by atoms with Crippen LogP contribution in [0.25, 0.3) is 0 Å². The second-order valence-electron chi connectivity index (χ2n) is 3.54. The fourth-order valence-corrected chi connectivity index (χ4v) is 1.70. The summed E-state index contributed by atoms with van der Waals surface area (Å²) in [6.45, 7) is 0. The predicted octanol–water partition coefficient (Wildman–Crippen LogP) is 2.61. The molecule has 0 radical (unpaired) electrons. The van der Waals surface area contributed by atoms with E-state index in [1.165, 1.54) is 0 Å². The minimum Gasteiger partial charge on any atom is -0.398 e. The van der Waals surface area contributed by atoms with E-state index in [4.69, 9.17) is 5.73 Å². The zero-order valence-electron chi connectivity index (χ0n) is 8.73. The smallest absolute Gasteiger partial charge is 0.0413 e. The van der Waals surface area contributed by atoms with Crippen LogP contribution < -0.4 is 5.73 Å². The normalized spacial score (nSPS) is 10.3. The zero-order valence-corrected chi connectivity index (χ0v) is 10.3. The number of rotatable bonds is 3. The topological polar surface area (TPSA) is 51.8 Å². The molecule has 0 unspecified atom stereocenters. The molecular formula is C12H12BrN3. The van der Waals surface area contributed by atoms with E-state index in [0.29, 0.717) is 0 Å². The van der Waals surface area contributed by atoms with Gasteiger partial charge in [-0.15, -0.1) is 0 Å². The largest absolute Gasteiger partial charge is 0.398 e. The lowest BCUT2D eigenvalue weighted by atomic mass is 10.1. The van der Waals surface area contributed by atoms with Crippen molar-refractivity contribution in [3.8, 4) is 0 Å². The number of nitrogens with two attached hydrogens (primary N) is 1. The summed E-state index contributed by atoms with van der Waals surface area (Å²) in [7, 11) is 0. The van der Waals surface area contributed by atoms with E-state index in [0.717, 1.165) is 34.3 Å². The molecule has 0 aliphatic carbocycles. The Hall–Kier alpha value is -1.42. The fraction of sp³-hybridized carbons (Fsp3) is 0.167. The molecular weight excluding hydrogens is 266 g/mol. The highest BCUT2D eigenvalue weighted by molar-refractivity contribution is 9.10. The number of aryl methyl sites for hydroxylation is 2. The number of pyridine rings is 2. The molecule has 16 heavy (non-hydrogen) atoms. The van der Waals surface area contributed by atoms with E-state index in [9.17, 15) is 0 Å². The Morgan fingerprint density at radius 3 is 2.69 bits per heavy atom. The summed E-state index contributed by atoms with van der Waals surface area (Å²) < 4.78 is 0.997. The van der Waals surface area contributed by atoms with Crippen LogP contribution in [0.2, 0.25) is 0 Å². The molecule has 2 heterocycles. The molecule has 0 bridgehead atoms. The predicted molar refractivity (Wildman–Crippen MR) is 68.0 cm³/mol. The molecule has 0 fully saturated rings. The highest BCUT2D eigenvalue weighted by Gasteiger charge is 2.00. The maximum absolute atomic E-state index is 5.84. The summed E-state index contributed by atoms with van der Waals surface area (Å²) in [5.74, 6) is 0. The number of nitrogens with zero attached hydrogens (tertiary/aromatic N) is 2. The van der Waals surface area contributed by atoms with Crippen LogP contribution in [0.3, 0.4) is 0 Å². The lowest BCUT2D eigenvalue weighted by Gasteiger charge is -2.04. The molecule has 0 saturated heterocycles. The van der Waals surface area contributed by atoms with Gasteiger partial charge in [0.25, 0.3) is 0 Å². The van der Waals surface area contributed by atoms with Gasteiger partial charge in [-0.3, -0.25) is 9.97 Å². The molecule has 0 aliphatic heterocycles. The fourth-order valence-electron chi connectivity index (χ4n) is 1.46. The summed E-state index contributed by atoms with van der Waals surface area (Å²) in [6, 6.07) is 5.83. The lowest BCUT2D eigenvalue weighted by molar-refractivity contribution is 0.908. The van der Waals surface area contributed by atoms with Gasteiger partial charge in [0.15, 0.2) is 0 Å².